The Morgan fingerprint density at radius 1 is 1.07 bits per heavy atom. The number of aliphatic hydroxyl groups excluding tert-OH is 1. The second kappa shape index (κ2) is 12.0. The molecule has 10 heteroatoms. The van der Waals surface area contributed by atoms with Crippen LogP contribution in [0.5, 0.6) is 0 Å². The zero-order valence-electron chi connectivity index (χ0n) is 22.5. The predicted molar refractivity (Wildman–Crippen MR) is 153 cm³/mol. The van der Waals surface area contributed by atoms with Gasteiger partial charge in [0.05, 0.1) is 17.2 Å². The van der Waals surface area contributed by atoms with Crippen molar-refractivity contribution < 1.29 is 18.4 Å². The van der Waals surface area contributed by atoms with Crippen LogP contribution in [-0.2, 0) is 16.6 Å². The van der Waals surface area contributed by atoms with E-state index < -0.39 is 20.6 Å². The molecule has 1 aliphatic carbocycles. The molecule has 0 amide bonds. The lowest BCUT2D eigenvalue weighted by atomic mass is 9.74. The Bertz CT molecular complexity index is 1480. The average molecular weight is 563 g/mol. The minimum Gasteiger partial charge on any atom is -0.395 e. The number of para-hydroxylation sites is 1. The number of likely N-dealkylation sites (N-methyl/N-ethyl adjacent to an activating group) is 1. The van der Waals surface area contributed by atoms with E-state index in [1.165, 1.54) is 39.7 Å². The van der Waals surface area contributed by atoms with Crippen LogP contribution in [0.4, 0.5) is 5.69 Å². The quantitative estimate of drug-likeness (QED) is 0.268. The summed E-state index contributed by atoms with van der Waals surface area (Å²) in [6.07, 6.45) is 7.31. The van der Waals surface area contributed by atoms with Crippen LogP contribution in [0.15, 0.2) is 83.9 Å². The summed E-state index contributed by atoms with van der Waals surface area (Å²) in [4.78, 5) is 17.2. The van der Waals surface area contributed by atoms with E-state index >= 15 is 0 Å². The first-order valence-corrected chi connectivity index (χ1v) is 15.1. The summed E-state index contributed by atoms with van der Waals surface area (Å²) in [7, 11) is -4.16. The zero-order chi connectivity index (χ0) is 28.3. The van der Waals surface area contributed by atoms with E-state index in [0.29, 0.717) is 6.54 Å². The molecule has 1 aliphatic heterocycles. The number of aromatic nitrogens is 1. The fourth-order valence-electron chi connectivity index (χ4n) is 6.03. The van der Waals surface area contributed by atoms with E-state index in [2.05, 4.69) is 40.2 Å². The fourth-order valence-corrected chi connectivity index (χ4v) is 7.66. The first-order valence-electron chi connectivity index (χ1n) is 13.6. The zero-order valence-corrected chi connectivity index (χ0v) is 23.3. The molecule has 1 aromatic heterocycles. The largest absolute Gasteiger partial charge is 0.395 e. The maximum atomic E-state index is 13.8. The Morgan fingerprint density at radius 3 is 2.45 bits per heavy atom. The van der Waals surface area contributed by atoms with Crippen molar-refractivity contribution in [3.05, 3.63) is 106 Å². The summed E-state index contributed by atoms with van der Waals surface area (Å²) < 4.78 is 28.8. The number of nitrogens with zero attached hydrogens (tertiary/aromatic N) is 4. The number of hydrogen-bond donors (Lipinski definition) is 1. The number of aliphatic hydroxyl groups is 1. The third kappa shape index (κ3) is 5.44. The van der Waals surface area contributed by atoms with Gasteiger partial charge in [0.15, 0.2) is 4.90 Å². The summed E-state index contributed by atoms with van der Waals surface area (Å²) in [6, 6.07) is 19.0. The number of sulfonamides is 1. The Labute approximate surface area is 235 Å². The molecule has 0 spiro atoms. The number of hydrogen-bond acceptors (Lipinski definition) is 7. The van der Waals surface area contributed by atoms with Gasteiger partial charge < -0.3 is 5.11 Å². The molecule has 2 aromatic carbocycles. The van der Waals surface area contributed by atoms with Gasteiger partial charge in [-0.25, -0.2) is 8.42 Å². The first-order chi connectivity index (χ1) is 19.3. The van der Waals surface area contributed by atoms with Crippen molar-refractivity contribution in [2.45, 2.75) is 55.6 Å². The fraction of sp³-hybridized carbons (Fsp3) is 0.367. The molecule has 0 unspecified atom stereocenters. The molecule has 5 rings (SSSR count). The molecule has 9 nitrogen and oxygen atoms in total. The molecule has 1 fully saturated rings. The standard InChI is InChI=1S/C30H34N4O5S/c1-2-32(40(38,39)29-13-6-5-12-26(29)34(36)37)20-27-30(24-16-14-23(15-17-24)22-9-3-4-10-22)28(21-35)33(27)19-25-11-7-8-18-31-25/h5-9,11-18,27-28,30,35H,2-4,10,19-21H2,1H3/t27-,28-,30+/m0/s1. The van der Waals surface area contributed by atoms with E-state index in [0.717, 1.165) is 30.5 Å². The lowest BCUT2D eigenvalue weighted by molar-refractivity contribution is -0.387. The molecule has 210 valence electrons. The van der Waals surface area contributed by atoms with Crippen LogP contribution < -0.4 is 0 Å². The summed E-state index contributed by atoms with van der Waals surface area (Å²) in [5.41, 5.74) is 3.94. The first kappa shape index (κ1) is 28.1. The van der Waals surface area contributed by atoms with Gasteiger partial charge in [-0.1, -0.05) is 55.5 Å². The monoisotopic (exact) mass is 562 g/mol. The molecule has 0 radical (unpaired) electrons. The van der Waals surface area contributed by atoms with Crippen molar-refractivity contribution >= 4 is 21.3 Å². The minimum absolute atomic E-state index is 0.0933. The summed E-state index contributed by atoms with van der Waals surface area (Å²) >= 11 is 0. The van der Waals surface area contributed by atoms with Crippen molar-refractivity contribution in [1.29, 1.82) is 0 Å². The topological polar surface area (TPSA) is 117 Å². The molecular formula is C30H34N4O5S. The van der Waals surface area contributed by atoms with Crippen LogP contribution in [0.1, 0.15) is 48.9 Å². The third-order valence-corrected chi connectivity index (χ3v) is 10.1. The van der Waals surface area contributed by atoms with Crippen LogP contribution in [0.3, 0.4) is 0 Å². The van der Waals surface area contributed by atoms with Gasteiger partial charge in [0.2, 0.25) is 10.0 Å². The van der Waals surface area contributed by atoms with Gasteiger partial charge in [-0.3, -0.25) is 20.0 Å². The van der Waals surface area contributed by atoms with E-state index in [-0.39, 0.29) is 42.6 Å². The Hall–Kier alpha value is -3.44. The Morgan fingerprint density at radius 2 is 1.82 bits per heavy atom. The van der Waals surface area contributed by atoms with Gasteiger partial charge in [0.1, 0.15) is 0 Å². The molecule has 0 saturated carbocycles. The SMILES string of the molecule is CCN(C[C@H]1[C@@H](c2ccc(C3=CCCC3)cc2)[C@H](CO)N1Cc1ccccn1)S(=O)(=O)c1ccccc1[N+](=O)[O-]. The molecule has 2 aliphatic rings. The summed E-state index contributed by atoms with van der Waals surface area (Å²) in [6.45, 7) is 2.35. The van der Waals surface area contributed by atoms with Crippen LogP contribution in [0, 0.1) is 10.1 Å². The van der Waals surface area contributed by atoms with Crippen LogP contribution >= 0.6 is 0 Å². The van der Waals surface area contributed by atoms with Gasteiger partial charge in [-0.15, -0.1) is 0 Å². The normalized spacial score (nSPS) is 21.3. The highest BCUT2D eigenvalue weighted by Gasteiger charge is 2.50. The second-order valence-electron chi connectivity index (χ2n) is 10.3. The van der Waals surface area contributed by atoms with Crippen LogP contribution in [-0.4, -0.2) is 64.4 Å². The van der Waals surface area contributed by atoms with Crippen LogP contribution in [0.25, 0.3) is 5.57 Å². The van der Waals surface area contributed by atoms with Crippen molar-refractivity contribution in [3.63, 3.8) is 0 Å². The van der Waals surface area contributed by atoms with Gasteiger partial charge in [-0.2, -0.15) is 4.31 Å². The molecule has 3 aromatic rings. The number of benzene rings is 2. The highest BCUT2D eigenvalue weighted by atomic mass is 32.2. The lowest BCUT2D eigenvalue weighted by Gasteiger charge is -2.56. The van der Waals surface area contributed by atoms with Gasteiger partial charge >= 0.3 is 0 Å². The van der Waals surface area contributed by atoms with E-state index in [9.17, 15) is 23.6 Å². The van der Waals surface area contributed by atoms with Crippen molar-refractivity contribution in [3.8, 4) is 0 Å². The summed E-state index contributed by atoms with van der Waals surface area (Å²) in [5.74, 6) is -0.129. The Kier molecular flexibility index (Phi) is 8.41. The van der Waals surface area contributed by atoms with Crippen molar-refractivity contribution in [2.75, 3.05) is 19.7 Å². The molecule has 1 N–H and O–H groups in total. The van der Waals surface area contributed by atoms with E-state index in [1.807, 2.05) is 18.2 Å². The number of rotatable bonds is 11. The number of nitro benzene ring substituents is 1. The molecule has 2 heterocycles. The predicted octanol–water partition coefficient (Wildman–Crippen LogP) is 4.60. The molecule has 40 heavy (non-hydrogen) atoms. The smallest absolute Gasteiger partial charge is 0.289 e. The maximum absolute atomic E-state index is 13.8. The van der Waals surface area contributed by atoms with Crippen molar-refractivity contribution in [2.24, 2.45) is 0 Å². The summed E-state index contributed by atoms with van der Waals surface area (Å²) in [5, 5.41) is 22.1. The van der Waals surface area contributed by atoms with Crippen molar-refractivity contribution in [1.82, 2.24) is 14.2 Å². The molecule has 1 saturated heterocycles. The second-order valence-corrected chi connectivity index (χ2v) is 12.2. The number of likely N-dealkylation sites (tertiary alicyclic amines) is 1. The molecule has 3 atom stereocenters. The maximum Gasteiger partial charge on any atom is 0.289 e. The average Bonchev–Trinajstić information content (AvgIpc) is 3.51. The van der Waals surface area contributed by atoms with Gasteiger partial charge in [0.25, 0.3) is 5.69 Å². The Balaban J connectivity index is 1.48. The van der Waals surface area contributed by atoms with Gasteiger partial charge in [-0.05, 0) is 54.2 Å². The number of nitro groups is 1. The van der Waals surface area contributed by atoms with E-state index in [1.54, 1.807) is 13.1 Å². The van der Waals surface area contributed by atoms with Crippen LogP contribution in [0.2, 0.25) is 0 Å². The highest BCUT2D eigenvalue weighted by Crippen LogP contribution is 2.43. The van der Waals surface area contributed by atoms with Gasteiger partial charge in [0, 0.05) is 49.9 Å². The number of pyridine rings is 1. The molecular weight excluding hydrogens is 528 g/mol. The third-order valence-electron chi connectivity index (χ3n) is 8.07. The minimum atomic E-state index is -4.16. The lowest BCUT2D eigenvalue weighted by Crippen LogP contribution is -2.66. The molecule has 0 bridgehead atoms. The highest BCUT2D eigenvalue weighted by molar-refractivity contribution is 7.89. The van der Waals surface area contributed by atoms with E-state index in [4.69, 9.17) is 0 Å². The number of allylic oxidation sites excluding steroid dienone is 2.